The Hall–Kier alpha value is -0.790. The van der Waals surface area contributed by atoms with Crippen molar-refractivity contribution in [3.05, 3.63) is 11.6 Å². The number of esters is 1. The molecule has 4 aliphatic carbocycles. The summed E-state index contributed by atoms with van der Waals surface area (Å²) in [6.07, 6.45) is 17.2. The van der Waals surface area contributed by atoms with Crippen LogP contribution in [0.5, 0.6) is 0 Å². The van der Waals surface area contributed by atoms with E-state index >= 15 is 0 Å². The van der Waals surface area contributed by atoms with E-state index in [4.69, 9.17) is 4.74 Å². The summed E-state index contributed by atoms with van der Waals surface area (Å²) in [5.41, 5.74) is 2.52. The Bertz CT molecular complexity index is 735. The van der Waals surface area contributed by atoms with Crippen molar-refractivity contribution in [1.29, 1.82) is 0 Å². The van der Waals surface area contributed by atoms with E-state index < -0.39 is 0 Å². The molecule has 8 atom stereocenters. The molecule has 0 bridgehead atoms. The number of carbonyl (C=O) groups is 1. The highest BCUT2D eigenvalue weighted by Crippen LogP contribution is 2.67. The van der Waals surface area contributed by atoms with E-state index in [0.717, 1.165) is 48.3 Å². The molecule has 4 rings (SSSR count). The zero-order valence-corrected chi connectivity index (χ0v) is 22.8. The topological polar surface area (TPSA) is 26.3 Å². The van der Waals surface area contributed by atoms with Gasteiger partial charge in [0.1, 0.15) is 6.10 Å². The summed E-state index contributed by atoms with van der Waals surface area (Å²) >= 11 is 0. The van der Waals surface area contributed by atoms with Gasteiger partial charge in [-0.2, -0.15) is 0 Å². The molecule has 0 unspecified atom stereocenters. The van der Waals surface area contributed by atoms with E-state index in [1.54, 1.807) is 5.57 Å². The number of ether oxygens (including phenoxy) is 1. The third-order valence-electron chi connectivity index (χ3n) is 11.0. The molecule has 0 aromatic carbocycles. The summed E-state index contributed by atoms with van der Waals surface area (Å²) in [5, 5.41) is 0. The maximum absolute atomic E-state index is 12.2. The largest absolute Gasteiger partial charge is 0.462 e. The number of hydrogen-bond acceptors (Lipinski definition) is 2. The average molecular weight is 457 g/mol. The van der Waals surface area contributed by atoms with Crippen LogP contribution in [-0.2, 0) is 9.53 Å². The van der Waals surface area contributed by atoms with Crippen LogP contribution < -0.4 is 0 Å². The Morgan fingerprint density at radius 3 is 2.45 bits per heavy atom. The van der Waals surface area contributed by atoms with E-state index in [2.05, 4.69) is 40.7 Å². The average Bonchev–Trinajstić information content (AvgIpc) is 3.11. The van der Waals surface area contributed by atoms with Crippen molar-refractivity contribution in [3.63, 3.8) is 0 Å². The van der Waals surface area contributed by atoms with Crippen molar-refractivity contribution in [2.24, 2.45) is 52.3 Å². The Morgan fingerprint density at radius 1 is 1.00 bits per heavy atom. The van der Waals surface area contributed by atoms with Gasteiger partial charge in [0.25, 0.3) is 0 Å². The van der Waals surface area contributed by atoms with E-state index in [1.165, 1.54) is 57.8 Å². The predicted molar refractivity (Wildman–Crippen MR) is 138 cm³/mol. The Kier molecular flexibility index (Phi) is 7.43. The monoisotopic (exact) mass is 456 g/mol. The molecule has 0 saturated heterocycles. The van der Waals surface area contributed by atoms with Gasteiger partial charge in [0.05, 0.1) is 5.92 Å². The highest BCUT2D eigenvalue weighted by Gasteiger charge is 2.59. The molecule has 3 fully saturated rings. The van der Waals surface area contributed by atoms with Crippen LogP contribution in [0.4, 0.5) is 0 Å². The summed E-state index contributed by atoms with van der Waals surface area (Å²) < 4.78 is 5.88. The van der Waals surface area contributed by atoms with Crippen LogP contribution in [0.1, 0.15) is 119 Å². The molecule has 2 heteroatoms. The van der Waals surface area contributed by atoms with E-state index in [0.29, 0.717) is 10.8 Å². The summed E-state index contributed by atoms with van der Waals surface area (Å²) in [6.45, 7) is 16.5. The second-order valence-corrected chi connectivity index (χ2v) is 13.7. The summed E-state index contributed by atoms with van der Waals surface area (Å²) in [5.74, 6) is 5.24. The van der Waals surface area contributed by atoms with Crippen LogP contribution in [0.3, 0.4) is 0 Å². The molecule has 2 nitrogen and oxygen atoms in total. The quantitative estimate of drug-likeness (QED) is 0.283. The first-order chi connectivity index (χ1) is 15.6. The van der Waals surface area contributed by atoms with Gasteiger partial charge in [-0.3, -0.25) is 4.79 Å². The Labute approximate surface area is 204 Å². The molecule has 0 N–H and O–H groups in total. The van der Waals surface area contributed by atoms with E-state index in [-0.39, 0.29) is 18.0 Å². The molecular weight excluding hydrogens is 404 g/mol. The maximum Gasteiger partial charge on any atom is 0.308 e. The lowest BCUT2D eigenvalue weighted by Gasteiger charge is -2.58. The minimum atomic E-state index is -0.0258. The second kappa shape index (κ2) is 9.69. The molecule has 0 aliphatic heterocycles. The van der Waals surface area contributed by atoms with E-state index in [9.17, 15) is 4.79 Å². The van der Waals surface area contributed by atoms with Crippen LogP contribution in [0.2, 0.25) is 0 Å². The highest BCUT2D eigenvalue weighted by atomic mass is 16.5. The number of fused-ring (bicyclic) bond motifs is 5. The first-order valence-electron chi connectivity index (χ1n) is 14.5. The Morgan fingerprint density at radius 2 is 1.76 bits per heavy atom. The van der Waals surface area contributed by atoms with Crippen molar-refractivity contribution >= 4 is 5.97 Å². The molecule has 33 heavy (non-hydrogen) atoms. The first-order valence-corrected chi connectivity index (χ1v) is 14.5. The van der Waals surface area contributed by atoms with Crippen LogP contribution >= 0.6 is 0 Å². The van der Waals surface area contributed by atoms with Crippen molar-refractivity contribution in [2.75, 3.05) is 0 Å². The molecule has 0 aromatic rings. The summed E-state index contributed by atoms with van der Waals surface area (Å²) in [4.78, 5) is 12.2. The minimum Gasteiger partial charge on any atom is -0.462 e. The lowest BCUT2D eigenvalue weighted by Crippen LogP contribution is -2.51. The Balaban J connectivity index is 1.45. The molecule has 0 heterocycles. The molecule has 0 aromatic heterocycles. The van der Waals surface area contributed by atoms with Gasteiger partial charge < -0.3 is 4.74 Å². The van der Waals surface area contributed by atoms with Crippen LogP contribution in [-0.4, -0.2) is 12.1 Å². The van der Waals surface area contributed by atoms with Crippen LogP contribution in [0.25, 0.3) is 0 Å². The molecular formula is C31H52O2. The van der Waals surface area contributed by atoms with Gasteiger partial charge in [-0.25, -0.2) is 0 Å². The van der Waals surface area contributed by atoms with Gasteiger partial charge in [-0.15, -0.1) is 0 Å². The molecule has 4 aliphatic rings. The van der Waals surface area contributed by atoms with Gasteiger partial charge in [-0.05, 0) is 91.3 Å². The third kappa shape index (κ3) is 4.71. The van der Waals surface area contributed by atoms with Gasteiger partial charge in [-0.1, -0.05) is 79.4 Å². The fourth-order valence-corrected chi connectivity index (χ4v) is 9.05. The highest BCUT2D eigenvalue weighted by molar-refractivity contribution is 5.71. The second-order valence-electron chi connectivity index (χ2n) is 13.7. The van der Waals surface area contributed by atoms with Crippen molar-refractivity contribution < 1.29 is 9.53 Å². The van der Waals surface area contributed by atoms with Gasteiger partial charge >= 0.3 is 5.97 Å². The summed E-state index contributed by atoms with van der Waals surface area (Å²) in [6, 6.07) is 0. The van der Waals surface area contributed by atoms with Crippen LogP contribution in [0.15, 0.2) is 11.6 Å². The van der Waals surface area contributed by atoms with Gasteiger partial charge in [0.2, 0.25) is 0 Å². The molecule has 0 amide bonds. The number of hydrogen-bond donors (Lipinski definition) is 0. The predicted octanol–water partition coefficient (Wildman–Crippen LogP) is 8.60. The van der Waals surface area contributed by atoms with Crippen molar-refractivity contribution in [3.8, 4) is 0 Å². The van der Waals surface area contributed by atoms with Crippen molar-refractivity contribution in [2.45, 2.75) is 125 Å². The molecule has 3 saturated carbocycles. The molecule has 188 valence electrons. The number of carbonyl (C=O) groups excluding carboxylic acids is 1. The van der Waals surface area contributed by atoms with Crippen molar-refractivity contribution in [1.82, 2.24) is 0 Å². The lowest BCUT2D eigenvalue weighted by molar-refractivity contribution is -0.155. The smallest absolute Gasteiger partial charge is 0.308 e. The minimum absolute atomic E-state index is 0.0224. The first kappa shape index (κ1) is 25.3. The fourth-order valence-electron chi connectivity index (χ4n) is 9.05. The lowest BCUT2D eigenvalue weighted by atomic mass is 9.47. The number of allylic oxidation sites excluding steroid dienone is 1. The molecule has 0 spiro atoms. The van der Waals surface area contributed by atoms with E-state index in [1.807, 2.05) is 13.8 Å². The van der Waals surface area contributed by atoms with Gasteiger partial charge in [0, 0.05) is 6.42 Å². The zero-order valence-electron chi connectivity index (χ0n) is 22.8. The molecule has 0 radical (unpaired) electrons. The standard InChI is InChI=1S/C31H52O2/c1-20(2)9-8-10-22(5)26-13-14-27-25-12-11-23-19-24(33-29(32)21(3)4)15-17-30(23,6)28(25)16-18-31(26,27)7/h11,20-22,24-28H,8-10,12-19H2,1-7H3/t22-,24-,25+,26-,27+,28+,30-,31+/m0/s1. The SMILES string of the molecule is CC(C)CCC[C@H](C)[C@@H]1CC[C@@H]2[C@H]3CC=C4C[C@@H](OC(=O)C(C)C)CC[C@]4(C)[C@@H]3CC[C@@]21C. The van der Waals surface area contributed by atoms with Gasteiger partial charge in [0.15, 0.2) is 0 Å². The number of rotatable bonds is 7. The normalized spacial score (nSPS) is 41.2. The zero-order chi connectivity index (χ0) is 24.0. The third-order valence-corrected chi connectivity index (χ3v) is 11.0. The fraction of sp³-hybridized carbons (Fsp3) is 0.903. The summed E-state index contributed by atoms with van der Waals surface area (Å²) in [7, 11) is 0. The van der Waals surface area contributed by atoms with Crippen LogP contribution in [0, 0.1) is 52.3 Å². The maximum atomic E-state index is 12.2.